The predicted octanol–water partition coefficient (Wildman–Crippen LogP) is 8.17. The van der Waals surface area contributed by atoms with Crippen molar-refractivity contribution in [2.45, 2.75) is 97.3 Å². The number of unbranched alkanes of at least 4 members (excludes halogenated alkanes) is 10. The average molecular weight is 409 g/mol. The Morgan fingerprint density at radius 3 is 1.75 bits per heavy atom. The van der Waals surface area contributed by atoms with Crippen molar-refractivity contribution in [2.75, 3.05) is 31.5 Å². The normalized spacial score (nSPS) is 11.3. The van der Waals surface area contributed by atoms with Crippen LogP contribution in [0.15, 0.2) is 24.3 Å². The van der Waals surface area contributed by atoms with Crippen molar-refractivity contribution in [3.63, 3.8) is 0 Å². The van der Waals surface area contributed by atoms with E-state index in [0.29, 0.717) is 0 Å². The van der Waals surface area contributed by atoms with E-state index in [9.17, 15) is 0 Å². The van der Waals surface area contributed by atoms with E-state index >= 15 is 0 Å². The van der Waals surface area contributed by atoms with Gasteiger partial charge in [0.2, 0.25) is 0 Å². The molecule has 162 valence electrons. The van der Waals surface area contributed by atoms with E-state index in [1.54, 1.807) is 0 Å². The highest BCUT2D eigenvalue weighted by molar-refractivity contribution is 6.33. The Morgan fingerprint density at radius 1 is 0.679 bits per heavy atom. The number of para-hydroxylation sites is 1. The highest BCUT2D eigenvalue weighted by Crippen LogP contribution is 2.20. The summed E-state index contributed by atoms with van der Waals surface area (Å²) < 4.78 is 0. The predicted molar refractivity (Wildman–Crippen MR) is 128 cm³/mol. The van der Waals surface area contributed by atoms with Crippen LogP contribution < -0.4 is 5.32 Å². The molecule has 3 heteroatoms. The van der Waals surface area contributed by atoms with Crippen LogP contribution in [0.2, 0.25) is 5.02 Å². The molecule has 0 atom stereocenters. The summed E-state index contributed by atoms with van der Waals surface area (Å²) in [5.74, 6) is 0. The minimum absolute atomic E-state index is 0.818. The Morgan fingerprint density at radius 2 is 1.18 bits per heavy atom. The largest absolute Gasteiger partial charge is 0.384 e. The first-order valence-electron chi connectivity index (χ1n) is 12.0. The molecule has 1 aromatic rings. The summed E-state index contributed by atoms with van der Waals surface area (Å²) in [5, 5.41) is 4.31. The highest BCUT2D eigenvalue weighted by Gasteiger charge is 2.05. The fraction of sp³-hybridized carbons (Fsp3) is 0.760. The van der Waals surface area contributed by atoms with Gasteiger partial charge in [-0.25, -0.2) is 0 Å². The lowest BCUT2D eigenvalue weighted by Gasteiger charge is -2.22. The zero-order valence-corrected chi connectivity index (χ0v) is 19.4. The number of hydrogen-bond acceptors (Lipinski definition) is 2. The topological polar surface area (TPSA) is 15.3 Å². The van der Waals surface area contributed by atoms with Gasteiger partial charge in [0.05, 0.1) is 10.7 Å². The first-order chi connectivity index (χ1) is 13.8. The van der Waals surface area contributed by atoms with Crippen molar-refractivity contribution in [2.24, 2.45) is 0 Å². The van der Waals surface area contributed by atoms with Crippen LogP contribution in [0.1, 0.15) is 97.3 Å². The minimum atomic E-state index is 0.818. The van der Waals surface area contributed by atoms with Crippen LogP contribution in [0.25, 0.3) is 0 Å². The number of rotatable bonds is 19. The Labute approximate surface area is 180 Å². The van der Waals surface area contributed by atoms with Crippen molar-refractivity contribution in [1.29, 1.82) is 0 Å². The van der Waals surface area contributed by atoms with Gasteiger partial charge < -0.3 is 10.2 Å². The molecule has 0 heterocycles. The van der Waals surface area contributed by atoms with E-state index in [4.69, 9.17) is 11.6 Å². The lowest BCUT2D eigenvalue weighted by atomic mass is 10.1. The SMILES string of the molecule is CCCCCCCCN(CCCCCCCC)CCCNc1ccccc1Cl. The second-order valence-electron chi connectivity index (χ2n) is 8.14. The third-order valence-electron chi connectivity index (χ3n) is 5.50. The van der Waals surface area contributed by atoms with E-state index in [0.717, 1.165) is 17.3 Å². The average Bonchev–Trinajstić information content (AvgIpc) is 2.71. The molecular weight excluding hydrogens is 364 g/mol. The molecule has 0 bridgehead atoms. The second-order valence-corrected chi connectivity index (χ2v) is 8.54. The quantitative estimate of drug-likeness (QED) is 0.232. The molecule has 1 N–H and O–H groups in total. The summed E-state index contributed by atoms with van der Waals surface area (Å²) in [7, 11) is 0. The first-order valence-corrected chi connectivity index (χ1v) is 12.4. The molecule has 0 aliphatic carbocycles. The van der Waals surface area contributed by atoms with E-state index in [1.807, 2.05) is 18.2 Å². The number of hydrogen-bond donors (Lipinski definition) is 1. The fourth-order valence-electron chi connectivity index (χ4n) is 3.70. The Bertz CT molecular complexity index is 448. The summed E-state index contributed by atoms with van der Waals surface area (Å²) >= 11 is 6.23. The summed E-state index contributed by atoms with van der Waals surface area (Å²) in [6, 6.07) is 8.04. The molecule has 1 aromatic carbocycles. The molecule has 0 aliphatic rings. The van der Waals surface area contributed by atoms with Gasteiger partial charge in [0.1, 0.15) is 0 Å². The Kier molecular flexibility index (Phi) is 16.5. The van der Waals surface area contributed by atoms with Crippen molar-refractivity contribution >= 4 is 17.3 Å². The van der Waals surface area contributed by atoms with Crippen molar-refractivity contribution in [3.8, 4) is 0 Å². The van der Waals surface area contributed by atoms with Crippen LogP contribution in [0.3, 0.4) is 0 Å². The number of anilines is 1. The van der Waals surface area contributed by atoms with Crippen LogP contribution in [-0.2, 0) is 0 Å². The summed E-state index contributed by atoms with van der Waals surface area (Å²) in [6.45, 7) is 9.31. The highest BCUT2D eigenvalue weighted by atomic mass is 35.5. The second kappa shape index (κ2) is 18.3. The number of nitrogens with one attached hydrogen (secondary N) is 1. The third kappa shape index (κ3) is 13.4. The van der Waals surface area contributed by atoms with Crippen LogP contribution in [0.5, 0.6) is 0 Å². The zero-order chi connectivity index (χ0) is 20.3. The third-order valence-corrected chi connectivity index (χ3v) is 5.83. The molecule has 2 nitrogen and oxygen atoms in total. The maximum Gasteiger partial charge on any atom is 0.0637 e. The maximum atomic E-state index is 6.23. The lowest BCUT2D eigenvalue weighted by Crippen LogP contribution is -2.28. The molecule has 0 aliphatic heterocycles. The van der Waals surface area contributed by atoms with Gasteiger partial charge in [-0.3, -0.25) is 0 Å². The number of halogens is 1. The van der Waals surface area contributed by atoms with Gasteiger partial charge in [0.25, 0.3) is 0 Å². The lowest BCUT2D eigenvalue weighted by molar-refractivity contribution is 0.259. The minimum Gasteiger partial charge on any atom is -0.384 e. The van der Waals surface area contributed by atoms with Gasteiger partial charge in [-0.2, -0.15) is 0 Å². The standard InChI is InChI=1S/C25H45ClN2/c1-3-5-7-9-11-15-21-28(22-16-12-10-8-6-4-2)23-17-20-27-25-19-14-13-18-24(25)26/h13-14,18-19,27H,3-12,15-17,20-23H2,1-2H3. The van der Waals surface area contributed by atoms with Gasteiger partial charge in [0, 0.05) is 6.54 Å². The molecule has 28 heavy (non-hydrogen) atoms. The molecule has 0 unspecified atom stereocenters. The van der Waals surface area contributed by atoms with Gasteiger partial charge >= 0.3 is 0 Å². The van der Waals surface area contributed by atoms with Crippen LogP contribution in [-0.4, -0.2) is 31.1 Å². The molecule has 0 aromatic heterocycles. The molecule has 0 amide bonds. The fourth-order valence-corrected chi connectivity index (χ4v) is 3.90. The van der Waals surface area contributed by atoms with Crippen molar-refractivity contribution in [1.82, 2.24) is 4.90 Å². The summed E-state index contributed by atoms with van der Waals surface area (Å²) in [4.78, 5) is 2.70. The van der Waals surface area contributed by atoms with Crippen LogP contribution in [0.4, 0.5) is 5.69 Å². The Balaban J connectivity index is 2.23. The zero-order valence-electron chi connectivity index (χ0n) is 18.7. The Hall–Kier alpha value is -0.730. The van der Waals surface area contributed by atoms with E-state index in [-0.39, 0.29) is 0 Å². The molecule has 0 saturated carbocycles. The van der Waals surface area contributed by atoms with Crippen molar-refractivity contribution < 1.29 is 0 Å². The monoisotopic (exact) mass is 408 g/mol. The molecule has 0 fully saturated rings. The van der Waals surface area contributed by atoms with Crippen molar-refractivity contribution in [3.05, 3.63) is 29.3 Å². The molecule has 0 radical (unpaired) electrons. The smallest absolute Gasteiger partial charge is 0.0637 e. The van der Waals surface area contributed by atoms with Gasteiger partial charge in [-0.15, -0.1) is 0 Å². The van der Waals surface area contributed by atoms with Gasteiger partial charge in [0.15, 0.2) is 0 Å². The van der Waals surface area contributed by atoms with Gasteiger partial charge in [-0.1, -0.05) is 102 Å². The number of nitrogens with zero attached hydrogens (tertiary/aromatic N) is 1. The van der Waals surface area contributed by atoms with E-state index in [1.165, 1.54) is 103 Å². The van der Waals surface area contributed by atoms with E-state index < -0.39 is 0 Å². The van der Waals surface area contributed by atoms with Crippen LogP contribution in [0, 0.1) is 0 Å². The molecule has 0 spiro atoms. The van der Waals surface area contributed by atoms with Crippen LogP contribution >= 0.6 is 11.6 Å². The number of benzene rings is 1. The van der Waals surface area contributed by atoms with E-state index in [2.05, 4.69) is 30.1 Å². The molecule has 0 saturated heterocycles. The summed E-state index contributed by atoms with van der Waals surface area (Å²) in [5.41, 5.74) is 1.06. The van der Waals surface area contributed by atoms with Gasteiger partial charge in [-0.05, 0) is 51.0 Å². The molecular formula is C25H45ClN2. The maximum absolute atomic E-state index is 6.23. The summed E-state index contributed by atoms with van der Waals surface area (Å²) in [6.07, 6.45) is 17.8. The molecule has 1 rings (SSSR count). The first kappa shape index (κ1) is 25.3.